The summed E-state index contributed by atoms with van der Waals surface area (Å²) in [5, 5.41) is 3.06. The molecule has 0 aromatic rings. The molecule has 0 aromatic heterocycles. The summed E-state index contributed by atoms with van der Waals surface area (Å²) < 4.78 is 0. The zero-order valence-electron chi connectivity index (χ0n) is 15.6. The molecule has 1 amide bonds. The fourth-order valence-corrected chi connectivity index (χ4v) is 2.92. The second-order valence-electron chi connectivity index (χ2n) is 6.87. The molecule has 1 N–H and O–H groups in total. The van der Waals surface area contributed by atoms with Gasteiger partial charge in [0.15, 0.2) is 0 Å². The van der Waals surface area contributed by atoms with E-state index >= 15 is 0 Å². The highest BCUT2D eigenvalue weighted by atomic mass is 16.1. The normalized spacial score (nSPS) is 12.3. The molecule has 0 saturated heterocycles. The van der Waals surface area contributed by atoms with Gasteiger partial charge in [0.05, 0.1) is 0 Å². The molecule has 0 aliphatic heterocycles. The van der Waals surface area contributed by atoms with Gasteiger partial charge in [-0.1, -0.05) is 97.8 Å². The third-order valence-corrected chi connectivity index (χ3v) is 4.50. The molecule has 2 nitrogen and oxygen atoms in total. The minimum Gasteiger partial charge on any atom is -0.356 e. The first-order valence-electron chi connectivity index (χ1n) is 10.00. The molecular weight excluding hydrogens is 270 g/mol. The van der Waals surface area contributed by atoms with E-state index in [0.29, 0.717) is 0 Å². The molecule has 0 bridgehead atoms. The molecule has 2 heteroatoms. The molecule has 0 heterocycles. The van der Waals surface area contributed by atoms with Crippen LogP contribution in [0.2, 0.25) is 0 Å². The van der Waals surface area contributed by atoms with Crippen LogP contribution in [0.3, 0.4) is 0 Å². The number of rotatable bonds is 16. The predicted molar refractivity (Wildman–Crippen MR) is 98.2 cm³/mol. The van der Waals surface area contributed by atoms with Crippen molar-refractivity contribution in [1.29, 1.82) is 0 Å². The molecule has 0 aliphatic rings. The summed E-state index contributed by atoms with van der Waals surface area (Å²) >= 11 is 0. The van der Waals surface area contributed by atoms with E-state index in [2.05, 4.69) is 19.2 Å². The molecule has 0 aliphatic carbocycles. The fraction of sp³-hybridized carbons (Fsp3) is 0.950. The lowest BCUT2D eigenvalue weighted by Crippen LogP contribution is -2.29. The Bertz CT molecular complexity index is 240. The molecule has 22 heavy (non-hydrogen) atoms. The van der Waals surface area contributed by atoms with E-state index in [4.69, 9.17) is 0 Å². The predicted octanol–water partition coefficient (Wildman–Crippen LogP) is 6.24. The van der Waals surface area contributed by atoms with Crippen LogP contribution in [-0.2, 0) is 4.79 Å². The van der Waals surface area contributed by atoms with Crippen molar-refractivity contribution in [3.63, 3.8) is 0 Å². The molecule has 1 atom stereocenters. The molecule has 132 valence electrons. The van der Waals surface area contributed by atoms with Gasteiger partial charge in [0.2, 0.25) is 5.91 Å². The Hall–Kier alpha value is -0.530. The summed E-state index contributed by atoms with van der Waals surface area (Å²) in [6.07, 6.45) is 18.5. The first-order valence-corrected chi connectivity index (χ1v) is 10.00. The van der Waals surface area contributed by atoms with Crippen molar-refractivity contribution in [2.24, 2.45) is 5.92 Å². The molecule has 0 rings (SSSR count). The minimum absolute atomic E-state index is 0.183. The van der Waals surface area contributed by atoms with Gasteiger partial charge in [0.25, 0.3) is 0 Å². The van der Waals surface area contributed by atoms with Crippen LogP contribution in [-0.4, -0.2) is 12.5 Å². The van der Waals surface area contributed by atoms with Crippen molar-refractivity contribution in [2.75, 3.05) is 6.54 Å². The average molecular weight is 312 g/mol. The van der Waals surface area contributed by atoms with Crippen LogP contribution in [0, 0.1) is 5.92 Å². The smallest absolute Gasteiger partial charge is 0.222 e. The van der Waals surface area contributed by atoms with Gasteiger partial charge in [-0.3, -0.25) is 4.79 Å². The van der Waals surface area contributed by atoms with E-state index in [1.54, 1.807) is 0 Å². The van der Waals surface area contributed by atoms with Gasteiger partial charge >= 0.3 is 0 Å². The maximum atomic E-state index is 11.7. The largest absolute Gasteiger partial charge is 0.356 e. The summed E-state index contributed by atoms with van der Waals surface area (Å²) in [6.45, 7) is 7.30. The van der Waals surface area contributed by atoms with E-state index < -0.39 is 0 Å². The molecule has 0 radical (unpaired) electrons. The third-order valence-electron chi connectivity index (χ3n) is 4.50. The lowest BCUT2D eigenvalue weighted by Gasteiger charge is -2.10. The topological polar surface area (TPSA) is 29.1 Å². The van der Waals surface area contributed by atoms with Crippen LogP contribution < -0.4 is 5.32 Å². The third kappa shape index (κ3) is 14.4. The number of carbonyl (C=O) groups excluding carboxylic acids is 1. The summed E-state index contributed by atoms with van der Waals surface area (Å²) in [4.78, 5) is 11.7. The molecular formula is C20H41NO. The van der Waals surface area contributed by atoms with Crippen molar-refractivity contribution < 1.29 is 4.79 Å². The number of amides is 1. The zero-order chi connectivity index (χ0) is 16.5. The van der Waals surface area contributed by atoms with Gasteiger partial charge in [-0.05, 0) is 12.8 Å². The Morgan fingerprint density at radius 1 is 0.727 bits per heavy atom. The van der Waals surface area contributed by atoms with Gasteiger partial charge in [0.1, 0.15) is 0 Å². The Morgan fingerprint density at radius 3 is 1.64 bits per heavy atom. The van der Waals surface area contributed by atoms with Crippen molar-refractivity contribution in [3.05, 3.63) is 0 Å². The number of hydrogen-bond donors (Lipinski definition) is 1. The highest BCUT2D eigenvalue weighted by molar-refractivity contribution is 5.78. The van der Waals surface area contributed by atoms with Gasteiger partial charge in [-0.2, -0.15) is 0 Å². The van der Waals surface area contributed by atoms with E-state index in [-0.39, 0.29) is 11.8 Å². The Labute approximate surface area is 139 Å². The summed E-state index contributed by atoms with van der Waals surface area (Å²) in [7, 11) is 0. The summed E-state index contributed by atoms with van der Waals surface area (Å²) in [5.41, 5.74) is 0. The zero-order valence-corrected chi connectivity index (χ0v) is 15.6. The Balaban J connectivity index is 3.16. The molecule has 0 aromatic carbocycles. The molecule has 0 saturated carbocycles. The monoisotopic (exact) mass is 311 g/mol. The molecule has 0 spiro atoms. The Kier molecular flexibility index (Phi) is 16.4. The fourth-order valence-electron chi connectivity index (χ4n) is 2.92. The average Bonchev–Trinajstić information content (AvgIpc) is 2.51. The standard InChI is InChI=1S/C20H41NO/c1-4-6-7-8-9-10-11-12-13-14-15-16-18-21-20(22)19(3)17-5-2/h19H,4-18H2,1-3H3,(H,21,22)/t19-/m0/s1. The Morgan fingerprint density at radius 2 is 1.18 bits per heavy atom. The highest BCUT2D eigenvalue weighted by Crippen LogP contribution is 2.11. The summed E-state index contributed by atoms with van der Waals surface area (Å²) in [5.74, 6) is 0.423. The maximum absolute atomic E-state index is 11.7. The van der Waals surface area contributed by atoms with Crippen LogP contribution in [0.1, 0.15) is 111 Å². The first-order chi connectivity index (χ1) is 10.7. The van der Waals surface area contributed by atoms with E-state index in [1.165, 1.54) is 70.6 Å². The maximum Gasteiger partial charge on any atom is 0.222 e. The second kappa shape index (κ2) is 16.8. The highest BCUT2D eigenvalue weighted by Gasteiger charge is 2.09. The van der Waals surface area contributed by atoms with Crippen molar-refractivity contribution in [2.45, 2.75) is 111 Å². The van der Waals surface area contributed by atoms with Crippen molar-refractivity contribution in [3.8, 4) is 0 Å². The van der Waals surface area contributed by atoms with E-state index in [0.717, 1.165) is 25.8 Å². The van der Waals surface area contributed by atoms with Crippen LogP contribution >= 0.6 is 0 Å². The second-order valence-corrected chi connectivity index (χ2v) is 6.87. The number of nitrogens with one attached hydrogen (secondary N) is 1. The SMILES string of the molecule is CCCCCCCCCCCCCCNC(=O)[C@@H](C)CCC. The van der Waals surface area contributed by atoms with Crippen LogP contribution in [0.4, 0.5) is 0 Å². The van der Waals surface area contributed by atoms with Crippen LogP contribution in [0.25, 0.3) is 0 Å². The van der Waals surface area contributed by atoms with Gasteiger partial charge in [-0.25, -0.2) is 0 Å². The van der Waals surface area contributed by atoms with Gasteiger partial charge in [0, 0.05) is 12.5 Å². The van der Waals surface area contributed by atoms with Crippen molar-refractivity contribution >= 4 is 5.91 Å². The molecule has 0 unspecified atom stereocenters. The lowest BCUT2D eigenvalue weighted by atomic mass is 10.0. The quantitative estimate of drug-likeness (QED) is 0.336. The van der Waals surface area contributed by atoms with Crippen LogP contribution in [0.15, 0.2) is 0 Å². The number of unbranched alkanes of at least 4 members (excludes halogenated alkanes) is 11. The van der Waals surface area contributed by atoms with Gasteiger partial charge < -0.3 is 5.32 Å². The van der Waals surface area contributed by atoms with E-state index in [9.17, 15) is 4.79 Å². The van der Waals surface area contributed by atoms with Gasteiger partial charge in [-0.15, -0.1) is 0 Å². The van der Waals surface area contributed by atoms with E-state index in [1.807, 2.05) is 6.92 Å². The first kappa shape index (κ1) is 21.5. The lowest BCUT2D eigenvalue weighted by molar-refractivity contribution is -0.124. The van der Waals surface area contributed by atoms with Crippen LogP contribution in [0.5, 0.6) is 0 Å². The number of carbonyl (C=O) groups is 1. The minimum atomic E-state index is 0.183. The summed E-state index contributed by atoms with van der Waals surface area (Å²) in [6, 6.07) is 0. The number of hydrogen-bond acceptors (Lipinski definition) is 1. The van der Waals surface area contributed by atoms with Crippen molar-refractivity contribution in [1.82, 2.24) is 5.32 Å². The molecule has 0 fully saturated rings.